The molecule has 8 heteroatoms. The van der Waals surface area contributed by atoms with Crippen molar-refractivity contribution < 1.29 is 8.42 Å². The van der Waals surface area contributed by atoms with Crippen molar-refractivity contribution in [2.24, 2.45) is 0 Å². The van der Waals surface area contributed by atoms with Crippen LogP contribution in [0.25, 0.3) is 0 Å². The second-order valence-electron chi connectivity index (χ2n) is 4.35. The standard InChI is InChI=1S/C11H9BrCl2N2O2S/c12-7-4-8(13)10(9(14)5-7)19(17,18)16-11(6-15)2-1-3-11/h4-5,16H,1-3H2. The first kappa shape index (κ1) is 15.1. The van der Waals surface area contributed by atoms with Gasteiger partial charge in [0.25, 0.3) is 0 Å². The first-order chi connectivity index (χ1) is 8.80. The molecular formula is C11H9BrCl2N2O2S. The van der Waals surface area contributed by atoms with E-state index in [2.05, 4.69) is 20.7 Å². The Kier molecular flexibility index (Phi) is 4.15. The number of halogens is 3. The van der Waals surface area contributed by atoms with Crippen LogP contribution in [0, 0.1) is 11.3 Å². The molecule has 1 aromatic rings. The molecule has 1 aliphatic carbocycles. The molecule has 0 unspecified atom stereocenters. The number of rotatable bonds is 3. The Labute approximate surface area is 129 Å². The Morgan fingerprint density at radius 1 is 1.32 bits per heavy atom. The smallest absolute Gasteiger partial charge is 0.207 e. The van der Waals surface area contributed by atoms with Crippen molar-refractivity contribution >= 4 is 49.2 Å². The summed E-state index contributed by atoms with van der Waals surface area (Å²) in [6.07, 6.45) is 1.81. The zero-order valence-corrected chi connectivity index (χ0v) is 13.5. The van der Waals surface area contributed by atoms with E-state index in [1.807, 2.05) is 6.07 Å². The topological polar surface area (TPSA) is 70.0 Å². The third-order valence-corrected chi connectivity index (χ3v) is 5.90. The van der Waals surface area contributed by atoms with Crippen molar-refractivity contribution in [1.82, 2.24) is 4.72 Å². The number of sulfonamides is 1. The minimum absolute atomic E-state index is 0.0132. The normalized spacial score (nSPS) is 17.6. The summed E-state index contributed by atoms with van der Waals surface area (Å²) in [6.45, 7) is 0. The molecule has 1 N–H and O–H groups in total. The highest BCUT2D eigenvalue weighted by atomic mass is 79.9. The van der Waals surface area contributed by atoms with Gasteiger partial charge in [0.1, 0.15) is 10.4 Å². The Balaban J connectivity index is 2.44. The molecule has 0 radical (unpaired) electrons. The zero-order chi connectivity index (χ0) is 14.3. The molecule has 102 valence electrons. The number of hydrogen-bond donors (Lipinski definition) is 1. The SMILES string of the molecule is N#CC1(NS(=O)(=O)c2c(Cl)cc(Br)cc2Cl)CCC1. The van der Waals surface area contributed by atoms with Crippen LogP contribution in [0.5, 0.6) is 0 Å². The van der Waals surface area contributed by atoms with Crippen LogP contribution in [0.3, 0.4) is 0 Å². The first-order valence-electron chi connectivity index (χ1n) is 5.39. The number of hydrogen-bond acceptors (Lipinski definition) is 3. The van der Waals surface area contributed by atoms with E-state index in [-0.39, 0.29) is 14.9 Å². The minimum atomic E-state index is -3.93. The molecule has 0 heterocycles. The Hall–Kier alpha value is -0.320. The van der Waals surface area contributed by atoms with Gasteiger partial charge < -0.3 is 0 Å². The van der Waals surface area contributed by atoms with Crippen LogP contribution in [-0.2, 0) is 10.0 Å². The molecule has 0 saturated heterocycles. The van der Waals surface area contributed by atoms with Crippen LogP contribution in [0.1, 0.15) is 19.3 Å². The van der Waals surface area contributed by atoms with Gasteiger partial charge >= 0.3 is 0 Å². The fraction of sp³-hybridized carbons (Fsp3) is 0.364. The van der Waals surface area contributed by atoms with E-state index in [1.165, 1.54) is 12.1 Å². The average Bonchev–Trinajstić information content (AvgIpc) is 2.21. The highest BCUT2D eigenvalue weighted by Crippen LogP contribution is 2.37. The Morgan fingerprint density at radius 2 is 1.84 bits per heavy atom. The third-order valence-electron chi connectivity index (χ3n) is 2.98. The van der Waals surface area contributed by atoms with E-state index >= 15 is 0 Å². The van der Waals surface area contributed by atoms with Gasteiger partial charge in [0.2, 0.25) is 10.0 Å². The van der Waals surface area contributed by atoms with Crippen molar-refractivity contribution in [3.05, 3.63) is 26.7 Å². The van der Waals surface area contributed by atoms with Crippen LogP contribution >= 0.6 is 39.1 Å². The highest BCUT2D eigenvalue weighted by Gasteiger charge is 2.42. The lowest BCUT2D eigenvalue weighted by atomic mass is 9.79. The van der Waals surface area contributed by atoms with Crippen LogP contribution < -0.4 is 4.72 Å². The van der Waals surface area contributed by atoms with Crippen molar-refractivity contribution in [1.29, 1.82) is 5.26 Å². The predicted octanol–water partition coefficient (Wildman–Crippen LogP) is 3.48. The van der Waals surface area contributed by atoms with E-state index in [1.54, 1.807) is 0 Å². The molecule has 0 atom stereocenters. The largest absolute Gasteiger partial charge is 0.244 e. The molecule has 1 fully saturated rings. The lowest BCUT2D eigenvalue weighted by Gasteiger charge is -2.35. The second kappa shape index (κ2) is 5.23. The number of nitrogens with one attached hydrogen (secondary N) is 1. The van der Waals surface area contributed by atoms with Gasteiger partial charge in [-0.2, -0.15) is 9.98 Å². The van der Waals surface area contributed by atoms with Gasteiger partial charge in [0.05, 0.1) is 16.1 Å². The molecule has 1 saturated carbocycles. The van der Waals surface area contributed by atoms with Crippen LogP contribution in [0.2, 0.25) is 10.0 Å². The Bertz CT molecular complexity index is 643. The second-order valence-corrected chi connectivity index (χ2v) is 7.70. The zero-order valence-electron chi connectivity index (χ0n) is 9.58. The first-order valence-corrected chi connectivity index (χ1v) is 8.43. The quantitative estimate of drug-likeness (QED) is 0.868. The third kappa shape index (κ3) is 2.91. The van der Waals surface area contributed by atoms with Crippen molar-refractivity contribution in [2.75, 3.05) is 0 Å². The molecule has 0 amide bonds. The summed E-state index contributed by atoms with van der Waals surface area (Å²) in [5.74, 6) is 0. The van der Waals surface area contributed by atoms with Gasteiger partial charge in [-0.25, -0.2) is 8.42 Å². The number of nitrogens with zero attached hydrogens (tertiary/aromatic N) is 1. The van der Waals surface area contributed by atoms with Gasteiger partial charge in [-0.1, -0.05) is 39.1 Å². The van der Waals surface area contributed by atoms with Crippen LogP contribution in [0.15, 0.2) is 21.5 Å². The van der Waals surface area contributed by atoms with Gasteiger partial charge in [0.15, 0.2) is 0 Å². The van der Waals surface area contributed by atoms with Crippen LogP contribution in [-0.4, -0.2) is 14.0 Å². The molecule has 4 nitrogen and oxygen atoms in total. The summed E-state index contributed by atoms with van der Waals surface area (Å²) in [4.78, 5) is -0.194. The van der Waals surface area contributed by atoms with Crippen LogP contribution in [0.4, 0.5) is 0 Å². The van der Waals surface area contributed by atoms with Gasteiger partial charge in [-0.05, 0) is 31.4 Å². The molecule has 0 spiro atoms. The van der Waals surface area contributed by atoms with Crippen molar-refractivity contribution in [3.63, 3.8) is 0 Å². The maximum Gasteiger partial charge on any atom is 0.244 e. The highest BCUT2D eigenvalue weighted by molar-refractivity contribution is 9.10. The number of nitriles is 1. The molecule has 0 bridgehead atoms. The lowest BCUT2D eigenvalue weighted by Crippen LogP contribution is -2.52. The van der Waals surface area contributed by atoms with Gasteiger partial charge in [-0.3, -0.25) is 0 Å². The molecule has 0 aromatic heterocycles. The number of benzene rings is 1. The summed E-state index contributed by atoms with van der Waals surface area (Å²) in [6, 6.07) is 4.90. The maximum absolute atomic E-state index is 12.3. The molecule has 19 heavy (non-hydrogen) atoms. The van der Waals surface area contributed by atoms with Gasteiger partial charge in [0, 0.05) is 4.47 Å². The lowest BCUT2D eigenvalue weighted by molar-refractivity contribution is 0.296. The van der Waals surface area contributed by atoms with E-state index in [0.29, 0.717) is 17.3 Å². The predicted molar refractivity (Wildman–Crippen MR) is 76.7 cm³/mol. The fourth-order valence-corrected chi connectivity index (χ4v) is 5.18. The van der Waals surface area contributed by atoms with E-state index in [0.717, 1.165) is 6.42 Å². The molecule has 1 aromatic carbocycles. The summed E-state index contributed by atoms with van der Waals surface area (Å²) >= 11 is 15.0. The fourth-order valence-electron chi connectivity index (χ4n) is 1.86. The molecular weight excluding hydrogens is 375 g/mol. The monoisotopic (exact) mass is 382 g/mol. The molecule has 1 aliphatic rings. The Morgan fingerprint density at radius 3 is 2.21 bits per heavy atom. The molecule has 0 aliphatic heterocycles. The summed E-state index contributed by atoms with van der Waals surface area (Å²) in [7, 11) is -3.93. The van der Waals surface area contributed by atoms with Crippen molar-refractivity contribution in [2.45, 2.75) is 29.7 Å². The average molecular weight is 384 g/mol. The summed E-state index contributed by atoms with van der Waals surface area (Å²) < 4.78 is 27.6. The maximum atomic E-state index is 12.3. The van der Waals surface area contributed by atoms with E-state index in [4.69, 9.17) is 28.5 Å². The van der Waals surface area contributed by atoms with E-state index in [9.17, 15) is 8.42 Å². The summed E-state index contributed by atoms with van der Waals surface area (Å²) in [5, 5.41) is 9.11. The van der Waals surface area contributed by atoms with Gasteiger partial charge in [-0.15, -0.1) is 0 Å². The van der Waals surface area contributed by atoms with E-state index < -0.39 is 15.6 Å². The minimum Gasteiger partial charge on any atom is -0.207 e. The molecule has 2 rings (SSSR count). The summed E-state index contributed by atoms with van der Waals surface area (Å²) in [5.41, 5.74) is -1.03. The van der Waals surface area contributed by atoms with Crippen molar-refractivity contribution in [3.8, 4) is 6.07 Å².